The molecule has 2 rings (SSSR count). The number of carbonyl (C=O) groups is 1. The van der Waals surface area contributed by atoms with Crippen molar-refractivity contribution in [3.8, 4) is 0 Å². The van der Waals surface area contributed by atoms with Gasteiger partial charge in [-0.25, -0.2) is 0 Å². The molecule has 2 heterocycles. The molecular weight excluding hydrogens is 276 g/mol. The summed E-state index contributed by atoms with van der Waals surface area (Å²) in [4.78, 5) is 12.7. The third-order valence-electron chi connectivity index (χ3n) is 3.48. The lowest BCUT2D eigenvalue weighted by Gasteiger charge is -2.31. The molecule has 1 saturated heterocycles. The van der Waals surface area contributed by atoms with E-state index in [0.29, 0.717) is 13.2 Å². The first-order chi connectivity index (χ1) is 10.2. The van der Waals surface area contributed by atoms with E-state index in [4.69, 9.17) is 19.1 Å². The first kappa shape index (κ1) is 15.9. The van der Waals surface area contributed by atoms with Gasteiger partial charge < -0.3 is 19.1 Å². The normalized spacial score (nSPS) is 17.2. The summed E-state index contributed by atoms with van der Waals surface area (Å²) in [5.41, 5.74) is 0.910. The van der Waals surface area contributed by atoms with Crippen molar-refractivity contribution in [1.29, 1.82) is 0 Å². The van der Waals surface area contributed by atoms with Gasteiger partial charge in [0.25, 0.3) is 0 Å². The molecule has 0 radical (unpaired) electrons. The minimum Gasteiger partial charge on any atom is -0.481 e. The van der Waals surface area contributed by atoms with E-state index in [1.165, 1.54) is 0 Å². The van der Waals surface area contributed by atoms with Gasteiger partial charge >= 0.3 is 5.97 Å². The molecular formula is C14H22N2O5. The van der Waals surface area contributed by atoms with Crippen LogP contribution >= 0.6 is 0 Å². The number of ether oxygens (including phenoxy) is 2. The predicted molar refractivity (Wildman–Crippen MR) is 73.7 cm³/mol. The average molecular weight is 298 g/mol. The lowest BCUT2D eigenvalue weighted by molar-refractivity contribution is -0.138. The smallest absolute Gasteiger partial charge is 0.305 e. The maximum Gasteiger partial charge on any atom is 0.305 e. The Balaban J connectivity index is 1.67. The summed E-state index contributed by atoms with van der Waals surface area (Å²) in [5, 5.41) is 12.6. The van der Waals surface area contributed by atoms with Crippen LogP contribution in [0.5, 0.6) is 0 Å². The van der Waals surface area contributed by atoms with Gasteiger partial charge in [-0.3, -0.25) is 9.69 Å². The topological polar surface area (TPSA) is 85.0 Å². The molecule has 1 aliphatic heterocycles. The number of aliphatic carboxylic acids is 1. The maximum absolute atomic E-state index is 10.4. The maximum atomic E-state index is 10.4. The predicted octanol–water partition coefficient (Wildman–Crippen LogP) is 1.28. The first-order valence-corrected chi connectivity index (χ1v) is 7.16. The summed E-state index contributed by atoms with van der Waals surface area (Å²) in [6.45, 7) is 3.33. The summed E-state index contributed by atoms with van der Waals surface area (Å²) >= 11 is 0. The zero-order valence-corrected chi connectivity index (χ0v) is 12.3. The lowest BCUT2D eigenvalue weighted by atomic mass is 10.1. The summed E-state index contributed by atoms with van der Waals surface area (Å²) in [5.74, 6) is -0.0790. The molecule has 0 aliphatic carbocycles. The number of nitrogens with zero attached hydrogens (tertiary/aromatic N) is 2. The molecule has 0 bridgehead atoms. The molecule has 21 heavy (non-hydrogen) atoms. The van der Waals surface area contributed by atoms with Gasteiger partial charge in [0.1, 0.15) is 6.61 Å². The molecule has 118 valence electrons. The quantitative estimate of drug-likeness (QED) is 0.773. The Morgan fingerprint density at radius 1 is 1.52 bits per heavy atom. The van der Waals surface area contributed by atoms with Crippen LogP contribution in [0.15, 0.2) is 10.6 Å². The van der Waals surface area contributed by atoms with Crippen molar-refractivity contribution < 1.29 is 23.9 Å². The second kappa shape index (κ2) is 8.11. The molecule has 1 aromatic rings. The molecule has 1 aromatic heterocycles. The van der Waals surface area contributed by atoms with Crippen molar-refractivity contribution in [3.05, 3.63) is 17.5 Å². The van der Waals surface area contributed by atoms with Gasteiger partial charge in [-0.2, -0.15) is 0 Å². The van der Waals surface area contributed by atoms with Gasteiger partial charge in [0.05, 0.1) is 24.8 Å². The number of aromatic nitrogens is 1. The van der Waals surface area contributed by atoms with Crippen molar-refractivity contribution in [2.45, 2.75) is 38.5 Å². The molecule has 0 spiro atoms. The van der Waals surface area contributed by atoms with E-state index in [9.17, 15) is 4.79 Å². The molecule has 0 unspecified atom stereocenters. The number of hydrogen-bond donors (Lipinski definition) is 1. The molecule has 7 nitrogen and oxygen atoms in total. The number of methoxy groups -OCH3 is 1. The van der Waals surface area contributed by atoms with Crippen LogP contribution in [0.25, 0.3) is 0 Å². The molecule has 0 aromatic carbocycles. The molecule has 0 amide bonds. The average Bonchev–Trinajstić information content (AvgIpc) is 2.88. The molecule has 1 aliphatic rings. The van der Waals surface area contributed by atoms with Crippen molar-refractivity contribution in [2.24, 2.45) is 0 Å². The van der Waals surface area contributed by atoms with E-state index in [-0.39, 0.29) is 12.5 Å². The SMILES string of the molecule is COCc1cc(CN2CCC(OCCC(=O)O)CC2)no1. The number of carboxylic acids is 1. The fourth-order valence-corrected chi connectivity index (χ4v) is 2.42. The molecule has 7 heteroatoms. The van der Waals surface area contributed by atoms with Crippen molar-refractivity contribution in [1.82, 2.24) is 10.1 Å². The van der Waals surface area contributed by atoms with E-state index < -0.39 is 5.97 Å². The third kappa shape index (κ3) is 5.45. The van der Waals surface area contributed by atoms with Crippen LogP contribution in [0, 0.1) is 0 Å². The zero-order valence-electron chi connectivity index (χ0n) is 12.3. The highest BCUT2D eigenvalue weighted by molar-refractivity contribution is 5.66. The molecule has 0 saturated carbocycles. The van der Waals surface area contributed by atoms with Gasteiger partial charge in [0, 0.05) is 32.8 Å². The van der Waals surface area contributed by atoms with Crippen molar-refractivity contribution in [2.75, 3.05) is 26.8 Å². The highest BCUT2D eigenvalue weighted by atomic mass is 16.5. The second-order valence-corrected chi connectivity index (χ2v) is 5.21. The van der Waals surface area contributed by atoms with Gasteiger partial charge in [-0.1, -0.05) is 5.16 Å². The largest absolute Gasteiger partial charge is 0.481 e. The minimum absolute atomic E-state index is 0.0709. The summed E-state index contributed by atoms with van der Waals surface area (Å²) in [6.07, 6.45) is 2.08. The van der Waals surface area contributed by atoms with E-state index in [0.717, 1.165) is 43.9 Å². The molecule has 1 N–H and O–H groups in total. The van der Waals surface area contributed by atoms with Crippen LogP contribution < -0.4 is 0 Å². The Morgan fingerprint density at radius 2 is 2.29 bits per heavy atom. The van der Waals surface area contributed by atoms with Crippen LogP contribution in [-0.4, -0.2) is 54.0 Å². The fraction of sp³-hybridized carbons (Fsp3) is 0.714. The van der Waals surface area contributed by atoms with Crippen LogP contribution in [0.2, 0.25) is 0 Å². The monoisotopic (exact) mass is 298 g/mol. The highest BCUT2D eigenvalue weighted by Crippen LogP contribution is 2.16. The Labute approximate surface area is 123 Å². The summed E-state index contributed by atoms with van der Waals surface area (Å²) in [7, 11) is 1.62. The Bertz CT molecular complexity index is 440. The van der Waals surface area contributed by atoms with E-state index in [1.54, 1.807) is 7.11 Å². The second-order valence-electron chi connectivity index (χ2n) is 5.21. The Kier molecular flexibility index (Phi) is 6.16. The van der Waals surface area contributed by atoms with Crippen molar-refractivity contribution >= 4 is 5.97 Å². The van der Waals surface area contributed by atoms with Crippen LogP contribution in [-0.2, 0) is 27.4 Å². The number of rotatable bonds is 8. The van der Waals surface area contributed by atoms with Gasteiger partial charge in [-0.05, 0) is 12.8 Å². The minimum atomic E-state index is -0.815. The Morgan fingerprint density at radius 3 is 2.95 bits per heavy atom. The fourth-order valence-electron chi connectivity index (χ4n) is 2.42. The zero-order chi connectivity index (χ0) is 15.1. The van der Waals surface area contributed by atoms with Crippen molar-refractivity contribution in [3.63, 3.8) is 0 Å². The van der Waals surface area contributed by atoms with Crippen LogP contribution in [0.1, 0.15) is 30.7 Å². The number of carboxylic acid groups (broad SMARTS) is 1. The van der Waals surface area contributed by atoms with E-state index in [1.807, 2.05) is 6.07 Å². The standard InChI is InChI=1S/C14H22N2O5/c1-19-10-13-8-11(15-21-13)9-16-5-2-12(3-6-16)20-7-4-14(17)18/h8,12H,2-7,9-10H2,1H3,(H,17,18). The van der Waals surface area contributed by atoms with Gasteiger partial charge in [-0.15, -0.1) is 0 Å². The number of piperidine rings is 1. The van der Waals surface area contributed by atoms with E-state index in [2.05, 4.69) is 10.1 Å². The Hall–Kier alpha value is -1.44. The van der Waals surface area contributed by atoms with Crippen LogP contribution in [0.3, 0.4) is 0 Å². The summed E-state index contributed by atoms with van der Waals surface area (Å²) in [6, 6.07) is 1.92. The third-order valence-corrected chi connectivity index (χ3v) is 3.48. The van der Waals surface area contributed by atoms with Crippen LogP contribution in [0.4, 0.5) is 0 Å². The lowest BCUT2D eigenvalue weighted by Crippen LogP contribution is -2.36. The number of hydrogen-bond acceptors (Lipinski definition) is 6. The number of likely N-dealkylation sites (tertiary alicyclic amines) is 1. The van der Waals surface area contributed by atoms with Gasteiger partial charge in [0.15, 0.2) is 5.76 Å². The van der Waals surface area contributed by atoms with Gasteiger partial charge in [0.2, 0.25) is 0 Å². The summed E-state index contributed by atoms with van der Waals surface area (Å²) < 4.78 is 15.7. The molecule has 1 fully saturated rings. The highest BCUT2D eigenvalue weighted by Gasteiger charge is 2.20. The van der Waals surface area contributed by atoms with E-state index >= 15 is 0 Å². The first-order valence-electron chi connectivity index (χ1n) is 7.16. The molecule has 0 atom stereocenters.